The quantitative estimate of drug-likeness (QED) is 0.867. The van der Waals surface area contributed by atoms with Gasteiger partial charge in [-0.25, -0.2) is 9.97 Å². The van der Waals surface area contributed by atoms with Crippen molar-refractivity contribution in [3.05, 3.63) is 35.0 Å². The lowest BCUT2D eigenvalue weighted by Gasteiger charge is -2.31. The number of nitrogens with two attached hydrogens (primary N) is 1. The van der Waals surface area contributed by atoms with Crippen molar-refractivity contribution in [2.24, 2.45) is 5.92 Å². The lowest BCUT2D eigenvalue weighted by atomic mass is 9.97. The van der Waals surface area contributed by atoms with E-state index in [2.05, 4.69) is 20.2 Å². The molecule has 1 saturated heterocycles. The second-order valence-electron chi connectivity index (χ2n) is 5.89. The topological polar surface area (TPSA) is 84.1 Å². The molecule has 1 aliphatic rings. The Hall–Kier alpha value is -1.70. The van der Waals surface area contributed by atoms with Gasteiger partial charge in [0.2, 0.25) is 5.91 Å². The fourth-order valence-corrected chi connectivity index (χ4v) is 3.60. The Morgan fingerprint density at radius 3 is 3.04 bits per heavy atom. The Labute approximate surface area is 151 Å². The average Bonchev–Trinajstić information content (AvgIpc) is 2.92. The van der Waals surface area contributed by atoms with Crippen LogP contribution in [0.2, 0.25) is 0 Å². The summed E-state index contributed by atoms with van der Waals surface area (Å²) in [6.45, 7) is 4.49. The monoisotopic (exact) mass is 367 g/mol. The molecule has 3 N–H and O–H groups in total. The fraction of sp³-hybridized carbons (Fsp3) is 0.438. The highest BCUT2D eigenvalue weighted by atomic mass is 35.5. The zero-order valence-electron chi connectivity index (χ0n) is 13.6. The van der Waals surface area contributed by atoms with Crippen LogP contribution in [0.3, 0.4) is 0 Å². The first-order chi connectivity index (χ1) is 11.1. The van der Waals surface area contributed by atoms with Crippen molar-refractivity contribution < 1.29 is 4.79 Å². The van der Waals surface area contributed by atoms with E-state index >= 15 is 0 Å². The van der Waals surface area contributed by atoms with Crippen LogP contribution in [0, 0.1) is 12.8 Å². The van der Waals surface area contributed by atoms with Gasteiger partial charge in [0.05, 0.1) is 5.92 Å². The van der Waals surface area contributed by atoms with Crippen molar-refractivity contribution in [3.63, 3.8) is 0 Å². The van der Waals surface area contributed by atoms with Crippen molar-refractivity contribution in [2.75, 3.05) is 24.1 Å². The zero-order valence-corrected chi connectivity index (χ0v) is 15.2. The summed E-state index contributed by atoms with van der Waals surface area (Å²) >= 11 is 1.51. The number of carbonyl (C=O) groups is 1. The van der Waals surface area contributed by atoms with Crippen molar-refractivity contribution in [1.82, 2.24) is 14.9 Å². The maximum absolute atomic E-state index is 12.5. The second kappa shape index (κ2) is 8.41. The highest BCUT2D eigenvalue weighted by molar-refractivity contribution is 7.15. The Kier molecular flexibility index (Phi) is 6.53. The van der Waals surface area contributed by atoms with Gasteiger partial charge in [0.1, 0.15) is 5.82 Å². The lowest BCUT2D eigenvalue weighted by molar-refractivity contribution is -0.121. The average molecular weight is 368 g/mol. The maximum Gasteiger partial charge on any atom is 0.229 e. The molecule has 0 saturated carbocycles. The number of piperidine rings is 1. The number of nitrogen functional groups attached to an aromatic ring is 1. The molecule has 1 amide bonds. The number of nitrogens with one attached hydrogen (secondary N) is 1. The van der Waals surface area contributed by atoms with Gasteiger partial charge in [-0.15, -0.1) is 23.7 Å². The van der Waals surface area contributed by atoms with Crippen molar-refractivity contribution in [3.8, 4) is 0 Å². The third-order valence-corrected chi connectivity index (χ3v) is 4.78. The molecule has 24 heavy (non-hydrogen) atoms. The van der Waals surface area contributed by atoms with Crippen LogP contribution in [0.25, 0.3) is 0 Å². The number of pyridine rings is 1. The standard InChI is InChI=1S/C16H21N5OS.ClH/c1-11-4-2-6-14(19-11)20-15(22)12-5-3-7-21(9-12)10-13-8-18-16(17)23-13;/h2,4,6,8,12H,3,5,7,9-10H2,1H3,(H2,17,18)(H,19,20,22);1H. The number of amides is 1. The molecule has 1 fully saturated rings. The number of anilines is 2. The molecule has 1 aliphatic heterocycles. The summed E-state index contributed by atoms with van der Waals surface area (Å²) in [5, 5.41) is 3.53. The molecule has 3 rings (SSSR count). The van der Waals surface area contributed by atoms with E-state index in [1.807, 2.05) is 31.3 Å². The molecule has 0 bridgehead atoms. The van der Waals surface area contributed by atoms with Crippen molar-refractivity contribution >= 4 is 40.6 Å². The van der Waals surface area contributed by atoms with Crippen molar-refractivity contribution in [2.45, 2.75) is 26.3 Å². The molecule has 1 unspecified atom stereocenters. The highest BCUT2D eigenvalue weighted by Gasteiger charge is 2.26. The molecule has 3 heterocycles. The number of hydrogen-bond acceptors (Lipinski definition) is 6. The van der Waals surface area contributed by atoms with Gasteiger partial charge in [0.25, 0.3) is 0 Å². The largest absolute Gasteiger partial charge is 0.375 e. The summed E-state index contributed by atoms with van der Waals surface area (Å²) in [6.07, 6.45) is 3.76. The number of nitrogens with zero attached hydrogens (tertiary/aromatic N) is 3. The molecule has 0 radical (unpaired) electrons. The Balaban J connectivity index is 0.00000208. The van der Waals surface area contributed by atoms with Crippen LogP contribution in [-0.4, -0.2) is 33.9 Å². The van der Waals surface area contributed by atoms with E-state index in [9.17, 15) is 4.79 Å². The molecule has 2 aromatic rings. The number of aromatic nitrogens is 2. The van der Waals surface area contributed by atoms with Crippen LogP contribution in [-0.2, 0) is 11.3 Å². The van der Waals surface area contributed by atoms with E-state index in [4.69, 9.17) is 5.73 Å². The van der Waals surface area contributed by atoms with Gasteiger partial charge in [-0.2, -0.15) is 0 Å². The van der Waals surface area contributed by atoms with Gasteiger partial charge >= 0.3 is 0 Å². The number of hydrogen-bond donors (Lipinski definition) is 2. The molecular weight excluding hydrogens is 346 g/mol. The first kappa shape index (κ1) is 18.6. The van der Waals surface area contributed by atoms with E-state index in [0.29, 0.717) is 10.9 Å². The predicted octanol–water partition coefficient (Wildman–Crippen LogP) is 2.70. The molecule has 130 valence electrons. The van der Waals surface area contributed by atoms with Gasteiger partial charge in [-0.05, 0) is 38.4 Å². The Morgan fingerprint density at radius 2 is 2.33 bits per heavy atom. The van der Waals surface area contributed by atoms with E-state index < -0.39 is 0 Å². The summed E-state index contributed by atoms with van der Waals surface area (Å²) < 4.78 is 0. The normalized spacial score (nSPS) is 18.0. The van der Waals surface area contributed by atoms with Crippen LogP contribution in [0.4, 0.5) is 10.9 Å². The first-order valence-electron chi connectivity index (χ1n) is 7.77. The lowest BCUT2D eigenvalue weighted by Crippen LogP contribution is -2.40. The molecular formula is C16H22ClN5OS. The molecule has 0 aromatic carbocycles. The summed E-state index contributed by atoms with van der Waals surface area (Å²) in [7, 11) is 0. The Bertz CT molecular complexity index is 693. The molecule has 8 heteroatoms. The number of thiazole rings is 1. The minimum atomic E-state index is -0.00340. The van der Waals surface area contributed by atoms with Crippen molar-refractivity contribution in [1.29, 1.82) is 0 Å². The summed E-state index contributed by atoms with van der Waals surface area (Å²) in [4.78, 5) is 24.3. The smallest absolute Gasteiger partial charge is 0.229 e. The molecule has 6 nitrogen and oxygen atoms in total. The van der Waals surface area contributed by atoms with Gasteiger partial charge < -0.3 is 11.1 Å². The highest BCUT2D eigenvalue weighted by Crippen LogP contribution is 2.22. The predicted molar refractivity (Wildman–Crippen MR) is 99.4 cm³/mol. The van der Waals surface area contributed by atoms with E-state index in [1.165, 1.54) is 11.3 Å². The van der Waals surface area contributed by atoms with Gasteiger partial charge in [0.15, 0.2) is 5.13 Å². The van der Waals surface area contributed by atoms with Gasteiger partial charge in [-0.1, -0.05) is 6.07 Å². The number of rotatable bonds is 4. The van der Waals surface area contributed by atoms with Gasteiger partial charge in [0, 0.05) is 29.9 Å². The molecule has 1 atom stereocenters. The first-order valence-corrected chi connectivity index (χ1v) is 8.59. The van der Waals surface area contributed by atoms with E-state index in [0.717, 1.165) is 43.0 Å². The van der Waals surface area contributed by atoms with Crippen LogP contribution < -0.4 is 11.1 Å². The Morgan fingerprint density at radius 1 is 1.50 bits per heavy atom. The van der Waals surface area contributed by atoms with Crippen LogP contribution in [0.15, 0.2) is 24.4 Å². The minimum absolute atomic E-state index is 0. The number of likely N-dealkylation sites (tertiary alicyclic amines) is 1. The van der Waals surface area contributed by atoms with Gasteiger partial charge in [-0.3, -0.25) is 9.69 Å². The van der Waals surface area contributed by atoms with E-state index in [1.54, 1.807) is 0 Å². The van der Waals surface area contributed by atoms with Crippen LogP contribution in [0.5, 0.6) is 0 Å². The second-order valence-corrected chi connectivity index (χ2v) is 7.04. The third-order valence-electron chi connectivity index (χ3n) is 3.97. The van der Waals surface area contributed by atoms with Crippen LogP contribution in [0.1, 0.15) is 23.4 Å². The third kappa shape index (κ3) is 4.90. The fourth-order valence-electron chi connectivity index (χ4n) is 2.87. The minimum Gasteiger partial charge on any atom is -0.375 e. The summed E-state index contributed by atoms with van der Waals surface area (Å²) in [5.41, 5.74) is 6.57. The summed E-state index contributed by atoms with van der Waals surface area (Å²) in [6, 6.07) is 5.64. The maximum atomic E-state index is 12.5. The molecule has 0 aliphatic carbocycles. The van der Waals surface area contributed by atoms with E-state index in [-0.39, 0.29) is 24.2 Å². The number of carbonyl (C=O) groups excluding carboxylic acids is 1. The van der Waals surface area contributed by atoms with Crippen LogP contribution >= 0.6 is 23.7 Å². The zero-order chi connectivity index (χ0) is 16.2. The molecule has 2 aromatic heterocycles. The number of aryl methyl sites for hydroxylation is 1. The SMILES string of the molecule is Cc1cccc(NC(=O)C2CCCN(Cc3cnc(N)s3)C2)n1.Cl. The number of halogens is 1. The molecule has 0 spiro atoms. The summed E-state index contributed by atoms with van der Waals surface area (Å²) in [5.74, 6) is 0.676.